The number of carbonyl (C=O) groups excluding carboxylic acids is 2. The van der Waals surface area contributed by atoms with Crippen molar-refractivity contribution in [1.29, 1.82) is 0 Å². The standard InChI is InChI=1S/C17H31N3O11/c1-7(23)19-12-13(26)14(10(6-22)29-15(12)28-2)31-16-17(27,20-11(25)4-18)3-8(24)9(5-21)30-16/h8-10,12-16,21-22,24,26-27H,3-6,18H2,1-2H3,(H,19,23)(H,20,25)/t8-,9-,10-,12-,13-,14-,15?,16?,17-/m1/s1. The van der Waals surface area contributed by atoms with Gasteiger partial charge in [-0.15, -0.1) is 0 Å². The minimum atomic E-state index is -2.29. The van der Waals surface area contributed by atoms with Gasteiger partial charge in [0.2, 0.25) is 18.1 Å². The molecule has 2 unspecified atom stereocenters. The van der Waals surface area contributed by atoms with Crippen molar-refractivity contribution >= 4 is 11.8 Å². The SMILES string of the molecule is COC1O[C@H](CO)[C@@H](OC2O[C@H](CO)[C@H](O)C[C@]2(O)NC(=O)CN)[C@H](O)[C@H]1NC(C)=O. The average Bonchev–Trinajstić information content (AvgIpc) is 2.72. The van der Waals surface area contributed by atoms with Crippen LogP contribution in [0.4, 0.5) is 0 Å². The summed E-state index contributed by atoms with van der Waals surface area (Å²) >= 11 is 0. The van der Waals surface area contributed by atoms with Crippen molar-refractivity contribution in [3.05, 3.63) is 0 Å². The van der Waals surface area contributed by atoms with E-state index < -0.39 is 92.9 Å². The van der Waals surface area contributed by atoms with Gasteiger partial charge in [-0.2, -0.15) is 0 Å². The molecule has 2 aliphatic rings. The minimum Gasteiger partial charge on any atom is -0.394 e. The van der Waals surface area contributed by atoms with Crippen LogP contribution in [0.2, 0.25) is 0 Å². The number of ether oxygens (including phenoxy) is 4. The summed E-state index contributed by atoms with van der Waals surface area (Å²) in [5, 5.41) is 55.7. The molecule has 0 saturated carbocycles. The number of carbonyl (C=O) groups is 2. The number of nitrogens with one attached hydrogen (secondary N) is 2. The molecule has 2 aliphatic heterocycles. The van der Waals surface area contributed by atoms with Crippen LogP contribution in [0, 0.1) is 0 Å². The lowest BCUT2D eigenvalue weighted by atomic mass is 9.94. The molecule has 31 heavy (non-hydrogen) atoms. The first kappa shape index (κ1) is 25.8. The molecule has 9 atom stereocenters. The van der Waals surface area contributed by atoms with Gasteiger partial charge in [0, 0.05) is 20.5 Å². The van der Waals surface area contributed by atoms with Crippen LogP contribution in [0.5, 0.6) is 0 Å². The van der Waals surface area contributed by atoms with Crippen LogP contribution in [-0.2, 0) is 28.5 Å². The number of amides is 2. The van der Waals surface area contributed by atoms with Gasteiger partial charge in [-0.05, 0) is 0 Å². The van der Waals surface area contributed by atoms with Crippen LogP contribution in [0.15, 0.2) is 0 Å². The van der Waals surface area contributed by atoms with E-state index in [2.05, 4.69) is 10.6 Å². The number of aliphatic hydroxyl groups excluding tert-OH is 4. The van der Waals surface area contributed by atoms with E-state index in [-0.39, 0.29) is 0 Å². The Balaban J connectivity index is 2.31. The zero-order chi connectivity index (χ0) is 23.3. The van der Waals surface area contributed by atoms with E-state index >= 15 is 0 Å². The van der Waals surface area contributed by atoms with E-state index in [1.165, 1.54) is 14.0 Å². The monoisotopic (exact) mass is 453 g/mol. The minimum absolute atomic E-state index is 0.483. The third-order valence-corrected chi connectivity index (χ3v) is 5.10. The summed E-state index contributed by atoms with van der Waals surface area (Å²) in [5.74, 6) is -1.29. The first-order chi connectivity index (χ1) is 14.6. The van der Waals surface area contributed by atoms with Crippen molar-refractivity contribution in [2.75, 3.05) is 26.9 Å². The van der Waals surface area contributed by atoms with Crippen LogP contribution in [0.25, 0.3) is 0 Å². The molecule has 0 aromatic rings. The van der Waals surface area contributed by atoms with Gasteiger partial charge >= 0.3 is 0 Å². The lowest BCUT2D eigenvalue weighted by Gasteiger charge is -2.49. The van der Waals surface area contributed by atoms with Crippen molar-refractivity contribution in [2.45, 2.75) is 68.2 Å². The second kappa shape index (κ2) is 10.9. The molecule has 0 bridgehead atoms. The highest BCUT2D eigenvalue weighted by atomic mass is 16.7. The molecule has 0 aromatic heterocycles. The third-order valence-electron chi connectivity index (χ3n) is 5.10. The zero-order valence-electron chi connectivity index (χ0n) is 17.2. The molecular formula is C17H31N3O11. The van der Waals surface area contributed by atoms with Gasteiger partial charge < -0.3 is 60.8 Å². The molecule has 14 nitrogen and oxygen atoms in total. The fraction of sp³-hybridized carbons (Fsp3) is 0.882. The molecule has 0 aromatic carbocycles. The van der Waals surface area contributed by atoms with Gasteiger partial charge in [-0.3, -0.25) is 9.59 Å². The summed E-state index contributed by atoms with van der Waals surface area (Å²) in [7, 11) is 1.28. The summed E-state index contributed by atoms with van der Waals surface area (Å²) in [5.41, 5.74) is 2.98. The summed E-state index contributed by atoms with van der Waals surface area (Å²) in [6, 6.07) is -1.11. The Kier molecular flexibility index (Phi) is 9.08. The Morgan fingerprint density at radius 1 is 1.19 bits per heavy atom. The van der Waals surface area contributed by atoms with E-state index in [1.54, 1.807) is 0 Å². The van der Waals surface area contributed by atoms with Crippen molar-refractivity contribution < 1.29 is 54.1 Å². The topological polar surface area (TPSA) is 222 Å². The van der Waals surface area contributed by atoms with Crippen molar-refractivity contribution in [2.24, 2.45) is 5.73 Å². The summed E-state index contributed by atoms with van der Waals surface area (Å²) in [6.07, 6.45) is -9.92. The van der Waals surface area contributed by atoms with E-state index in [4.69, 9.17) is 24.7 Å². The Morgan fingerprint density at radius 3 is 2.35 bits per heavy atom. The van der Waals surface area contributed by atoms with Crippen molar-refractivity contribution in [3.8, 4) is 0 Å². The first-order valence-corrected chi connectivity index (χ1v) is 9.67. The van der Waals surface area contributed by atoms with Gasteiger partial charge in [0.1, 0.15) is 30.5 Å². The quantitative estimate of drug-likeness (QED) is 0.162. The molecule has 0 spiro atoms. The lowest BCUT2D eigenvalue weighted by molar-refractivity contribution is -0.357. The molecule has 2 saturated heterocycles. The van der Waals surface area contributed by atoms with Gasteiger partial charge in [0.25, 0.3) is 0 Å². The second-order valence-electron chi connectivity index (χ2n) is 7.42. The van der Waals surface area contributed by atoms with Gasteiger partial charge in [-0.25, -0.2) is 0 Å². The Labute approximate surface area is 178 Å². The summed E-state index contributed by atoms with van der Waals surface area (Å²) in [6.45, 7) is -0.536. The highest BCUT2D eigenvalue weighted by Gasteiger charge is 2.54. The van der Waals surface area contributed by atoms with Gasteiger partial charge in [0.15, 0.2) is 12.0 Å². The van der Waals surface area contributed by atoms with Crippen molar-refractivity contribution in [3.63, 3.8) is 0 Å². The number of hydrogen-bond acceptors (Lipinski definition) is 12. The smallest absolute Gasteiger partial charge is 0.236 e. The highest BCUT2D eigenvalue weighted by molar-refractivity contribution is 5.78. The van der Waals surface area contributed by atoms with E-state index in [0.29, 0.717) is 0 Å². The van der Waals surface area contributed by atoms with Gasteiger partial charge in [0.05, 0.1) is 25.9 Å². The predicted molar refractivity (Wildman–Crippen MR) is 99.8 cm³/mol. The van der Waals surface area contributed by atoms with Crippen LogP contribution < -0.4 is 16.4 Å². The molecule has 180 valence electrons. The largest absolute Gasteiger partial charge is 0.394 e. The summed E-state index contributed by atoms with van der Waals surface area (Å²) < 4.78 is 21.8. The maximum atomic E-state index is 11.8. The molecular weight excluding hydrogens is 422 g/mol. The second-order valence-corrected chi connectivity index (χ2v) is 7.42. The molecule has 0 radical (unpaired) electrons. The van der Waals surface area contributed by atoms with E-state index in [9.17, 15) is 35.1 Å². The summed E-state index contributed by atoms with van der Waals surface area (Å²) in [4.78, 5) is 23.3. The molecule has 14 heteroatoms. The van der Waals surface area contributed by atoms with Crippen LogP contribution in [-0.4, -0.2) is 119 Å². The van der Waals surface area contributed by atoms with E-state index in [0.717, 1.165) is 0 Å². The number of aliphatic hydroxyl groups is 5. The number of hydrogen-bond donors (Lipinski definition) is 8. The molecule has 2 fully saturated rings. The average molecular weight is 453 g/mol. The maximum absolute atomic E-state index is 11.8. The van der Waals surface area contributed by atoms with Crippen LogP contribution in [0.1, 0.15) is 13.3 Å². The third kappa shape index (κ3) is 5.87. The predicted octanol–water partition coefficient (Wildman–Crippen LogP) is -5.17. The fourth-order valence-electron chi connectivity index (χ4n) is 3.59. The van der Waals surface area contributed by atoms with Gasteiger partial charge in [-0.1, -0.05) is 0 Å². The molecule has 9 N–H and O–H groups in total. The molecule has 2 rings (SSSR count). The van der Waals surface area contributed by atoms with E-state index in [1.807, 2.05) is 0 Å². The number of methoxy groups -OCH3 is 1. The maximum Gasteiger partial charge on any atom is 0.236 e. The first-order valence-electron chi connectivity index (χ1n) is 9.67. The van der Waals surface area contributed by atoms with Crippen LogP contribution in [0.3, 0.4) is 0 Å². The molecule has 0 aliphatic carbocycles. The lowest BCUT2D eigenvalue weighted by Crippen LogP contribution is -2.70. The van der Waals surface area contributed by atoms with Crippen LogP contribution >= 0.6 is 0 Å². The fourth-order valence-corrected chi connectivity index (χ4v) is 3.59. The highest BCUT2D eigenvalue weighted by Crippen LogP contribution is 2.33. The zero-order valence-corrected chi connectivity index (χ0v) is 17.2. The Bertz CT molecular complexity index is 626. The Morgan fingerprint density at radius 2 is 1.84 bits per heavy atom. The normalized spacial score (nSPS) is 40.9. The molecule has 2 heterocycles. The molecule has 2 amide bonds. The Hall–Kier alpha value is -1.46. The number of nitrogens with two attached hydrogens (primary N) is 1. The van der Waals surface area contributed by atoms with Crippen molar-refractivity contribution in [1.82, 2.24) is 10.6 Å². The number of rotatable bonds is 8.